The summed E-state index contributed by atoms with van der Waals surface area (Å²) in [5.74, 6) is 2.05. The molecule has 3 nitrogen and oxygen atoms in total. The van der Waals surface area contributed by atoms with Crippen LogP contribution in [0.1, 0.15) is 58.8 Å². The molecular formula is C20H26O3. The number of carbonyl (C=O) groups excluding carboxylic acids is 2. The van der Waals surface area contributed by atoms with Crippen molar-refractivity contribution in [2.75, 3.05) is 0 Å². The minimum atomic E-state index is -0.144. The van der Waals surface area contributed by atoms with Crippen molar-refractivity contribution in [1.29, 1.82) is 0 Å². The highest BCUT2D eigenvalue weighted by atomic mass is 16.5. The quantitative estimate of drug-likeness (QED) is 0.688. The Hall–Kier alpha value is -1.38. The maximum atomic E-state index is 11.7. The van der Waals surface area contributed by atoms with E-state index in [9.17, 15) is 9.59 Å². The minimum absolute atomic E-state index is 0.0858. The molecule has 3 heteroatoms. The average Bonchev–Trinajstić information content (AvgIpc) is 2.83. The molecule has 0 radical (unpaired) electrons. The van der Waals surface area contributed by atoms with Crippen molar-refractivity contribution in [3.05, 3.63) is 23.3 Å². The Bertz CT molecular complexity index is 614. The van der Waals surface area contributed by atoms with E-state index >= 15 is 0 Å². The summed E-state index contributed by atoms with van der Waals surface area (Å²) < 4.78 is 5.66. The topological polar surface area (TPSA) is 43.4 Å². The van der Waals surface area contributed by atoms with E-state index in [-0.39, 0.29) is 17.5 Å². The Labute approximate surface area is 138 Å². The molecule has 2 fully saturated rings. The number of allylic oxidation sites excluding steroid dienone is 4. The zero-order valence-corrected chi connectivity index (χ0v) is 14.1. The average molecular weight is 314 g/mol. The Morgan fingerprint density at radius 2 is 2.09 bits per heavy atom. The van der Waals surface area contributed by atoms with Crippen LogP contribution in [0.3, 0.4) is 0 Å². The van der Waals surface area contributed by atoms with Gasteiger partial charge < -0.3 is 4.74 Å². The van der Waals surface area contributed by atoms with Crippen molar-refractivity contribution in [2.45, 2.75) is 64.9 Å². The lowest BCUT2D eigenvalue weighted by Crippen LogP contribution is -2.45. The maximum absolute atomic E-state index is 11.7. The standard InChI is InChI=1S/C20H26O3/c1-12(21)23-19-8-7-18-17-5-3-13-11-14(22)4-6-15(13)16(17)9-10-20(18,19)2/h3,5,16-19H,4,6-11H2,1-2H3/t16-,17-,18+,19+,20+/m1/s1. The highest BCUT2D eigenvalue weighted by molar-refractivity contribution is 5.83. The zero-order valence-electron chi connectivity index (χ0n) is 14.1. The van der Waals surface area contributed by atoms with Gasteiger partial charge in [-0.05, 0) is 55.4 Å². The molecule has 0 aromatic rings. The van der Waals surface area contributed by atoms with Crippen molar-refractivity contribution in [1.82, 2.24) is 0 Å². The maximum Gasteiger partial charge on any atom is 0.302 e. The van der Waals surface area contributed by atoms with E-state index < -0.39 is 0 Å². The molecule has 0 aliphatic heterocycles. The van der Waals surface area contributed by atoms with Gasteiger partial charge in [-0.1, -0.05) is 24.6 Å². The first kappa shape index (κ1) is 15.2. The van der Waals surface area contributed by atoms with Gasteiger partial charge in [-0.3, -0.25) is 9.59 Å². The predicted molar refractivity (Wildman–Crippen MR) is 87.6 cm³/mol. The molecule has 0 spiro atoms. The molecule has 0 aromatic heterocycles. The number of hydrogen-bond acceptors (Lipinski definition) is 3. The molecule has 0 N–H and O–H groups in total. The highest BCUT2D eigenvalue weighted by Gasteiger charge is 2.55. The number of esters is 1. The molecule has 4 aliphatic rings. The first-order chi connectivity index (χ1) is 11.0. The lowest BCUT2D eigenvalue weighted by atomic mass is 9.56. The van der Waals surface area contributed by atoms with E-state index in [1.807, 2.05) is 0 Å². The van der Waals surface area contributed by atoms with Gasteiger partial charge in [0.25, 0.3) is 0 Å². The summed E-state index contributed by atoms with van der Waals surface area (Å²) in [6, 6.07) is 0. The fourth-order valence-corrected chi connectivity index (χ4v) is 5.88. The van der Waals surface area contributed by atoms with Crippen LogP contribution in [0.25, 0.3) is 0 Å². The number of ketones is 1. The first-order valence-corrected chi connectivity index (χ1v) is 9.08. The normalized spacial score (nSPS) is 42.1. The SMILES string of the molecule is CC(=O)O[C@H]1CC[C@H]2[C@@H]3C=CC4=C(CCC(=O)C4)[C@H]3CC[C@]12C. The van der Waals surface area contributed by atoms with Crippen molar-refractivity contribution < 1.29 is 14.3 Å². The third-order valence-corrected chi connectivity index (χ3v) is 6.99. The number of ether oxygens (including phenoxy) is 1. The molecule has 0 saturated heterocycles. The second kappa shape index (κ2) is 5.32. The Morgan fingerprint density at radius 3 is 2.87 bits per heavy atom. The monoisotopic (exact) mass is 314 g/mol. The third-order valence-electron chi connectivity index (χ3n) is 6.99. The van der Waals surface area contributed by atoms with E-state index in [1.165, 1.54) is 18.9 Å². The molecule has 0 heterocycles. The molecule has 4 aliphatic carbocycles. The zero-order chi connectivity index (χ0) is 16.2. The van der Waals surface area contributed by atoms with Gasteiger partial charge in [-0.2, -0.15) is 0 Å². The van der Waals surface area contributed by atoms with Crippen molar-refractivity contribution in [2.24, 2.45) is 23.2 Å². The van der Waals surface area contributed by atoms with Crippen molar-refractivity contribution in [3.63, 3.8) is 0 Å². The molecule has 0 unspecified atom stereocenters. The van der Waals surface area contributed by atoms with Gasteiger partial charge in [0.15, 0.2) is 0 Å². The summed E-state index contributed by atoms with van der Waals surface area (Å²) in [5.41, 5.74) is 3.00. The van der Waals surface area contributed by atoms with Crippen molar-refractivity contribution >= 4 is 11.8 Å². The van der Waals surface area contributed by atoms with Gasteiger partial charge in [0, 0.05) is 25.2 Å². The lowest BCUT2D eigenvalue weighted by molar-refractivity contribution is -0.154. The van der Waals surface area contributed by atoms with Gasteiger partial charge in [-0.25, -0.2) is 0 Å². The van der Waals surface area contributed by atoms with Crippen LogP contribution in [0, 0.1) is 23.2 Å². The van der Waals surface area contributed by atoms with E-state index in [0.717, 1.165) is 32.1 Å². The highest BCUT2D eigenvalue weighted by Crippen LogP contribution is 2.60. The lowest BCUT2D eigenvalue weighted by Gasteiger charge is -2.49. The smallest absolute Gasteiger partial charge is 0.302 e. The minimum Gasteiger partial charge on any atom is -0.462 e. The molecule has 4 rings (SSSR count). The molecular weight excluding hydrogens is 288 g/mol. The summed E-state index contributed by atoms with van der Waals surface area (Å²) in [4.78, 5) is 23.2. The van der Waals surface area contributed by atoms with Crippen LogP contribution >= 0.6 is 0 Å². The predicted octanol–water partition coefficient (Wildman–Crippen LogP) is 3.98. The van der Waals surface area contributed by atoms with Crippen LogP contribution in [-0.4, -0.2) is 17.9 Å². The number of fused-ring (bicyclic) bond motifs is 4. The molecule has 0 amide bonds. The summed E-state index contributed by atoms with van der Waals surface area (Å²) in [6.45, 7) is 3.86. The molecule has 0 bridgehead atoms. The van der Waals surface area contributed by atoms with E-state index in [4.69, 9.17) is 4.74 Å². The first-order valence-electron chi connectivity index (χ1n) is 9.08. The van der Waals surface area contributed by atoms with Gasteiger partial charge in [0.1, 0.15) is 11.9 Å². The Balaban J connectivity index is 1.60. The van der Waals surface area contributed by atoms with Gasteiger partial charge in [0.05, 0.1) is 0 Å². The molecule has 124 valence electrons. The Kier molecular flexibility index (Phi) is 3.51. The van der Waals surface area contributed by atoms with E-state index in [2.05, 4.69) is 19.1 Å². The van der Waals surface area contributed by atoms with Gasteiger partial charge >= 0.3 is 5.97 Å². The van der Waals surface area contributed by atoms with E-state index in [0.29, 0.717) is 30.0 Å². The van der Waals surface area contributed by atoms with Crippen LogP contribution < -0.4 is 0 Å². The molecule has 5 atom stereocenters. The summed E-state index contributed by atoms with van der Waals surface area (Å²) in [6.07, 6.45) is 11.5. The molecule has 23 heavy (non-hydrogen) atoms. The summed E-state index contributed by atoms with van der Waals surface area (Å²) in [7, 11) is 0. The third kappa shape index (κ3) is 2.31. The second-order valence-corrected chi connectivity index (χ2v) is 8.14. The summed E-state index contributed by atoms with van der Waals surface area (Å²) in [5, 5.41) is 0. The van der Waals surface area contributed by atoms with Crippen LogP contribution in [-0.2, 0) is 14.3 Å². The molecule has 2 saturated carbocycles. The number of rotatable bonds is 1. The van der Waals surface area contributed by atoms with Crippen LogP contribution in [0.15, 0.2) is 23.3 Å². The van der Waals surface area contributed by atoms with Crippen LogP contribution in [0.5, 0.6) is 0 Å². The molecule has 0 aromatic carbocycles. The second-order valence-electron chi connectivity index (χ2n) is 8.14. The number of carbonyl (C=O) groups is 2. The summed E-state index contributed by atoms with van der Waals surface area (Å²) >= 11 is 0. The fraction of sp³-hybridized carbons (Fsp3) is 0.700. The number of hydrogen-bond donors (Lipinski definition) is 0. The van der Waals surface area contributed by atoms with Crippen LogP contribution in [0.4, 0.5) is 0 Å². The Morgan fingerprint density at radius 1 is 1.26 bits per heavy atom. The van der Waals surface area contributed by atoms with Crippen molar-refractivity contribution in [3.8, 4) is 0 Å². The largest absolute Gasteiger partial charge is 0.462 e. The van der Waals surface area contributed by atoms with Gasteiger partial charge in [-0.15, -0.1) is 0 Å². The van der Waals surface area contributed by atoms with Gasteiger partial charge in [0.2, 0.25) is 0 Å². The fourth-order valence-electron chi connectivity index (χ4n) is 5.88. The van der Waals surface area contributed by atoms with Crippen LogP contribution in [0.2, 0.25) is 0 Å². The number of Topliss-reactive ketones (excluding diaryl/α,β-unsaturated/α-hetero) is 1. The van der Waals surface area contributed by atoms with E-state index in [1.54, 1.807) is 5.57 Å².